The van der Waals surface area contributed by atoms with Crippen molar-refractivity contribution in [1.29, 1.82) is 0 Å². The number of benzene rings is 2. The molecule has 7 nitrogen and oxygen atoms in total. The van der Waals surface area contributed by atoms with Crippen molar-refractivity contribution in [2.75, 3.05) is 13.7 Å². The van der Waals surface area contributed by atoms with Crippen LogP contribution in [-0.4, -0.2) is 36.5 Å². The molecule has 2 aromatic carbocycles. The zero-order chi connectivity index (χ0) is 20.6. The third-order valence-electron chi connectivity index (χ3n) is 4.01. The van der Waals surface area contributed by atoms with Crippen LogP contribution in [0.3, 0.4) is 0 Å². The predicted octanol–water partition coefficient (Wildman–Crippen LogP) is 2.76. The van der Waals surface area contributed by atoms with Crippen molar-refractivity contribution in [3.05, 3.63) is 78.0 Å². The molecule has 1 N–H and O–H groups in total. The average molecular weight is 390 g/mol. The maximum absolute atomic E-state index is 12.1. The topological polar surface area (TPSA) is 94.6 Å². The minimum atomic E-state index is -0.741. The quantitative estimate of drug-likeness (QED) is 0.514. The standard InChI is InChI=1S/C22H18N2O5/c1-28-18-10-3-2-9-17(18)22(27)24-19(25)14-29-20(26)12-11-16-7-4-6-15-8-5-13-23-21(15)16/h2-13H,14H2,1H3,(H,24,25,27)/b12-11+. The Balaban J connectivity index is 1.55. The van der Waals surface area contributed by atoms with E-state index < -0.39 is 24.4 Å². The van der Waals surface area contributed by atoms with Gasteiger partial charge >= 0.3 is 5.97 Å². The molecule has 0 bridgehead atoms. The van der Waals surface area contributed by atoms with Crippen LogP contribution in [0.4, 0.5) is 0 Å². The number of hydrogen-bond acceptors (Lipinski definition) is 6. The van der Waals surface area contributed by atoms with E-state index in [1.807, 2.05) is 30.3 Å². The molecule has 29 heavy (non-hydrogen) atoms. The smallest absolute Gasteiger partial charge is 0.331 e. The van der Waals surface area contributed by atoms with Crippen molar-refractivity contribution in [2.45, 2.75) is 0 Å². The molecule has 7 heteroatoms. The number of imide groups is 1. The minimum Gasteiger partial charge on any atom is -0.496 e. The highest BCUT2D eigenvalue weighted by atomic mass is 16.5. The molecule has 0 fully saturated rings. The Kier molecular flexibility index (Phi) is 6.32. The van der Waals surface area contributed by atoms with Crippen LogP contribution in [0.5, 0.6) is 5.75 Å². The summed E-state index contributed by atoms with van der Waals surface area (Å²) in [6, 6.07) is 15.8. The first-order valence-electron chi connectivity index (χ1n) is 8.74. The summed E-state index contributed by atoms with van der Waals surface area (Å²) < 4.78 is 9.97. The van der Waals surface area contributed by atoms with Gasteiger partial charge in [-0.05, 0) is 24.3 Å². The van der Waals surface area contributed by atoms with Crippen LogP contribution in [0, 0.1) is 0 Å². The van der Waals surface area contributed by atoms with Gasteiger partial charge in [-0.3, -0.25) is 19.9 Å². The lowest BCUT2D eigenvalue weighted by Gasteiger charge is -2.08. The normalized spacial score (nSPS) is 10.7. The summed E-state index contributed by atoms with van der Waals surface area (Å²) in [5.41, 5.74) is 1.70. The van der Waals surface area contributed by atoms with Gasteiger partial charge in [0.15, 0.2) is 6.61 Å². The molecule has 2 amide bonds. The number of pyridine rings is 1. The lowest BCUT2D eigenvalue weighted by atomic mass is 10.1. The number of amides is 2. The molecule has 0 aliphatic carbocycles. The Labute approximate surface area is 167 Å². The lowest BCUT2D eigenvalue weighted by Crippen LogP contribution is -2.34. The van der Waals surface area contributed by atoms with Crippen molar-refractivity contribution in [2.24, 2.45) is 0 Å². The molecule has 0 atom stereocenters. The minimum absolute atomic E-state index is 0.207. The second-order valence-electron chi connectivity index (χ2n) is 5.94. The van der Waals surface area contributed by atoms with Gasteiger partial charge in [0.1, 0.15) is 5.75 Å². The number of ether oxygens (including phenoxy) is 2. The summed E-state index contributed by atoms with van der Waals surface area (Å²) in [6.45, 7) is -0.585. The molecule has 0 radical (unpaired) electrons. The number of hydrogen-bond donors (Lipinski definition) is 1. The van der Waals surface area contributed by atoms with Crippen LogP contribution in [0.25, 0.3) is 17.0 Å². The Bertz CT molecular complexity index is 1090. The molecular weight excluding hydrogens is 372 g/mol. The third-order valence-corrected chi connectivity index (χ3v) is 4.01. The molecule has 0 aliphatic rings. The first-order chi connectivity index (χ1) is 14.1. The highest BCUT2D eigenvalue weighted by molar-refractivity contribution is 6.07. The highest BCUT2D eigenvalue weighted by Gasteiger charge is 2.15. The fraction of sp³-hybridized carbons (Fsp3) is 0.0909. The van der Waals surface area contributed by atoms with Gasteiger partial charge in [0.05, 0.1) is 18.2 Å². The summed E-state index contributed by atoms with van der Waals surface area (Å²) in [6.07, 6.45) is 4.44. The number of nitrogens with one attached hydrogen (secondary N) is 1. The fourth-order valence-corrected chi connectivity index (χ4v) is 2.67. The molecular formula is C22H18N2O5. The first kappa shape index (κ1) is 19.8. The number of rotatable bonds is 6. The number of para-hydroxylation sites is 2. The average Bonchev–Trinajstić information content (AvgIpc) is 2.76. The number of nitrogens with zero attached hydrogens (tertiary/aromatic N) is 1. The monoisotopic (exact) mass is 390 g/mol. The second-order valence-corrected chi connectivity index (χ2v) is 5.94. The van der Waals surface area contributed by atoms with E-state index in [9.17, 15) is 14.4 Å². The van der Waals surface area contributed by atoms with Crippen molar-refractivity contribution >= 4 is 34.8 Å². The van der Waals surface area contributed by atoms with Gasteiger partial charge in [-0.2, -0.15) is 0 Å². The van der Waals surface area contributed by atoms with Crippen molar-refractivity contribution in [3.8, 4) is 5.75 Å². The third kappa shape index (κ3) is 5.04. The SMILES string of the molecule is COc1ccccc1C(=O)NC(=O)COC(=O)/C=C/c1cccc2cccnc12. The Hall–Kier alpha value is -4.00. The Morgan fingerprint density at radius 1 is 1.03 bits per heavy atom. The zero-order valence-corrected chi connectivity index (χ0v) is 15.6. The van der Waals surface area contributed by atoms with Crippen molar-refractivity contribution < 1.29 is 23.9 Å². The van der Waals surface area contributed by atoms with E-state index in [0.717, 1.165) is 16.5 Å². The van der Waals surface area contributed by atoms with Crippen LogP contribution >= 0.6 is 0 Å². The van der Waals surface area contributed by atoms with Gasteiger partial charge in [-0.15, -0.1) is 0 Å². The number of carbonyl (C=O) groups excluding carboxylic acids is 3. The summed E-state index contributed by atoms with van der Waals surface area (Å²) >= 11 is 0. The molecule has 0 saturated heterocycles. The van der Waals surface area contributed by atoms with E-state index in [4.69, 9.17) is 9.47 Å². The number of aromatic nitrogens is 1. The largest absolute Gasteiger partial charge is 0.496 e. The van der Waals surface area contributed by atoms with Crippen LogP contribution in [0.15, 0.2) is 66.9 Å². The molecule has 0 unspecified atom stereocenters. The van der Waals surface area contributed by atoms with E-state index in [-0.39, 0.29) is 5.56 Å². The molecule has 1 aromatic heterocycles. The fourth-order valence-electron chi connectivity index (χ4n) is 2.67. The maximum atomic E-state index is 12.1. The molecule has 3 rings (SSSR count). The maximum Gasteiger partial charge on any atom is 0.331 e. The van der Waals surface area contributed by atoms with Gasteiger partial charge in [0, 0.05) is 23.2 Å². The summed E-state index contributed by atoms with van der Waals surface area (Å²) in [7, 11) is 1.42. The first-order valence-corrected chi connectivity index (χ1v) is 8.74. The van der Waals surface area contributed by atoms with Gasteiger partial charge in [0.25, 0.3) is 11.8 Å². The summed E-state index contributed by atoms with van der Waals surface area (Å²) in [5.74, 6) is -1.75. The molecule has 0 aliphatic heterocycles. The number of esters is 1. The van der Waals surface area contributed by atoms with Crippen LogP contribution in [0.2, 0.25) is 0 Å². The van der Waals surface area contributed by atoms with Crippen LogP contribution in [0.1, 0.15) is 15.9 Å². The van der Waals surface area contributed by atoms with E-state index in [2.05, 4.69) is 10.3 Å². The molecule has 0 saturated carbocycles. The number of carbonyl (C=O) groups is 3. The van der Waals surface area contributed by atoms with Gasteiger partial charge in [0.2, 0.25) is 0 Å². The van der Waals surface area contributed by atoms with E-state index in [0.29, 0.717) is 5.75 Å². The van der Waals surface area contributed by atoms with E-state index >= 15 is 0 Å². The summed E-state index contributed by atoms with van der Waals surface area (Å²) in [5, 5.41) is 3.10. The number of methoxy groups -OCH3 is 1. The lowest BCUT2D eigenvalue weighted by molar-refractivity contribution is -0.143. The molecule has 0 spiro atoms. The molecule has 3 aromatic rings. The molecule has 146 valence electrons. The predicted molar refractivity (Wildman–Crippen MR) is 107 cm³/mol. The van der Waals surface area contributed by atoms with Gasteiger partial charge in [-0.1, -0.05) is 36.4 Å². The van der Waals surface area contributed by atoms with Gasteiger partial charge < -0.3 is 9.47 Å². The van der Waals surface area contributed by atoms with Crippen molar-refractivity contribution in [1.82, 2.24) is 10.3 Å². The van der Waals surface area contributed by atoms with Gasteiger partial charge in [-0.25, -0.2) is 4.79 Å². The van der Waals surface area contributed by atoms with Crippen LogP contribution < -0.4 is 10.1 Å². The highest BCUT2D eigenvalue weighted by Crippen LogP contribution is 2.18. The second kappa shape index (κ2) is 9.27. The van der Waals surface area contributed by atoms with E-state index in [1.165, 1.54) is 19.3 Å². The van der Waals surface area contributed by atoms with Crippen molar-refractivity contribution in [3.63, 3.8) is 0 Å². The van der Waals surface area contributed by atoms with Crippen LogP contribution in [-0.2, 0) is 14.3 Å². The number of fused-ring (bicyclic) bond motifs is 1. The van der Waals surface area contributed by atoms with E-state index in [1.54, 1.807) is 30.5 Å². The zero-order valence-electron chi connectivity index (χ0n) is 15.6. The summed E-state index contributed by atoms with van der Waals surface area (Å²) in [4.78, 5) is 40.2. The Morgan fingerprint density at radius 2 is 1.83 bits per heavy atom. The molecule has 1 heterocycles. The Morgan fingerprint density at radius 3 is 2.66 bits per heavy atom.